The van der Waals surface area contributed by atoms with Crippen LogP contribution in [0.1, 0.15) is 30.1 Å². The Morgan fingerprint density at radius 3 is 2.76 bits per heavy atom. The number of amides is 1. The summed E-state index contributed by atoms with van der Waals surface area (Å²) >= 11 is 7.90. The Morgan fingerprint density at radius 1 is 1.47 bits per heavy atom. The summed E-state index contributed by atoms with van der Waals surface area (Å²) in [5.74, 6) is 1.12. The van der Waals surface area contributed by atoms with Crippen LogP contribution in [-0.2, 0) is 0 Å². The minimum Gasteiger partial charge on any atom is -0.352 e. The van der Waals surface area contributed by atoms with Crippen LogP contribution in [0.25, 0.3) is 0 Å². The van der Waals surface area contributed by atoms with Gasteiger partial charge in [0, 0.05) is 16.0 Å². The van der Waals surface area contributed by atoms with Crippen molar-refractivity contribution in [2.45, 2.75) is 19.8 Å². The van der Waals surface area contributed by atoms with Gasteiger partial charge in [-0.3, -0.25) is 4.79 Å². The van der Waals surface area contributed by atoms with Gasteiger partial charge in [0.05, 0.1) is 5.56 Å². The van der Waals surface area contributed by atoms with Gasteiger partial charge >= 0.3 is 0 Å². The summed E-state index contributed by atoms with van der Waals surface area (Å²) in [5, 5.41) is 2.97. The van der Waals surface area contributed by atoms with E-state index < -0.39 is 0 Å². The molecule has 0 spiro atoms. The minimum absolute atomic E-state index is 0.00280. The molecule has 1 unspecified atom stereocenters. The van der Waals surface area contributed by atoms with Gasteiger partial charge in [-0.05, 0) is 47.1 Å². The van der Waals surface area contributed by atoms with Crippen molar-refractivity contribution in [1.29, 1.82) is 0 Å². The standard InChI is InChI=1S/C13H17ClINO/c1-2-10(7-8-14)9-16-13(17)11-5-3-4-6-12(11)15/h3-6,10H,2,7-9H2,1H3,(H,16,17). The molecule has 1 rings (SSSR count). The quantitative estimate of drug-likeness (QED) is 0.605. The molecule has 1 atom stereocenters. The normalized spacial score (nSPS) is 12.2. The van der Waals surface area contributed by atoms with Crippen molar-refractivity contribution in [1.82, 2.24) is 5.32 Å². The van der Waals surface area contributed by atoms with Crippen molar-refractivity contribution in [3.63, 3.8) is 0 Å². The van der Waals surface area contributed by atoms with E-state index in [0.29, 0.717) is 18.3 Å². The van der Waals surface area contributed by atoms with Gasteiger partial charge in [-0.2, -0.15) is 0 Å². The second-order valence-electron chi connectivity index (χ2n) is 3.94. The van der Waals surface area contributed by atoms with E-state index in [4.69, 9.17) is 11.6 Å². The van der Waals surface area contributed by atoms with Crippen LogP contribution in [0, 0.1) is 9.49 Å². The van der Waals surface area contributed by atoms with E-state index in [9.17, 15) is 4.79 Å². The van der Waals surface area contributed by atoms with Gasteiger partial charge in [0.15, 0.2) is 0 Å². The molecule has 1 aromatic rings. The highest BCUT2D eigenvalue weighted by molar-refractivity contribution is 14.1. The lowest BCUT2D eigenvalue weighted by Crippen LogP contribution is -2.29. The summed E-state index contributed by atoms with van der Waals surface area (Å²) in [4.78, 5) is 11.9. The maximum Gasteiger partial charge on any atom is 0.252 e. The zero-order valence-corrected chi connectivity index (χ0v) is 12.8. The number of halogens is 2. The van der Waals surface area contributed by atoms with Gasteiger partial charge in [-0.15, -0.1) is 11.6 Å². The molecule has 0 aliphatic rings. The lowest BCUT2D eigenvalue weighted by atomic mass is 10.0. The molecule has 1 N–H and O–H groups in total. The molecule has 0 bridgehead atoms. The number of benzene rings is 1. The number of rotatable bonds is 6. The molecule has 0 aliphatic heterocycles. The van der Waals surface area contributed by atoms with Gasteiger partial charge in [0.2, 0.25) is 0 Å². The maximum absolute atomic E-state index is 11.9. The number of nitrogens with one attached hydrogen (secondary N) is 1. The highest BCUT2D eigenvalue weighted by Gasteiger charge is 2.11. The van der Waals surface area contributed by atoms with E-state index in [-0.39, 0.29) is 5.91 Å². The van der Waals surface area contributed by atoms with Crippen molar-refractivity contribution < 1.29 is 4.79 Å². The molecule has 0 radical (unpaired) electrons. The summed E-state index contributed by atoms with van der Waals surface area (Å²) in [6, 6.07) is 7.60. The van der Waals surface area contributed by atoms with Crippen molar-refractivity contribution in [2.24, 2.45) is 5.92 Å². The Bertz CT molecular complexity index is 370. The number of alkyl halides is 1. The maximum atomic E-state index is 11.9. The first-order valence-corrected chi connectivity index (χ1v) is 7.39. The zero-order valence-electron chi connectivity index (χ0n) is 9.88. The summed E-state index contributed by atoms with van der Waals surface area (Å²) in [6.07, 6.45) is 1.99. The van der Waals surface area contributed by atoms with Crippen LogP contribution in [0.5, 0.6) is 0 Å². The molecule has 0 aromatic heterocycles. The molecule has 0 saturated carbocycles. The summed E-state index contributed by atoms with van der Waals surface area (Å²) in [7, 11) is 0. The highest BCUT2D eigenvalue weighted by atomic mass is 127. The van der Waals surface area contributed by atoms with Crippen LogP contribution in [0.3, 0.4) is 0 Å². The van der Waals surface area contributed by atoms with Crippen molar-refractivity contribution in [3.05, 3.63) is 33.4 Å². The first kappa shape index (κ1) is 14.8. The first-order valence-electron chi connectivity index (χ1n) is 5.77. The molecular formula is C13H17ClINO. The Morgan fingerprint density at radius 2 is 2.18 bits per heavy atom. The fourth-order valence-electron chi connectivity index (χ4n) is 1.58. The van der Waals surface area contributed by atoms with Crippen LogP contribution in [0.2, 0.25) is 0 Å². The van der Waals surface area contributed by atoms with E-state index in [2.05, 4.69) is 34.8 Å². The van der Waals surface area contributed by atoms with Crippen molar-refractivity contribution in [3.8, 4) is 0 Å². The number of hydrogen-bond donors (Lipinski definition) is 1. The van der Waals surface area contributed by atoms with Crippen LogP contribution in [0.4, 0.5) is 0 Å². The molecule has 4 heteroatoms. The fourth-order valence-corrected chi connectivity index (χ4v) is 2.52. The molecule has 1 aromatic carbocycles. The lowest BCUT2D eigenvalue weighted by molar-refractivity contribution is 0.0945. The molecule has 17 heavy (non-hydrogen) atoms. The molecular weight excluding hydrogens is 349 g/mol. The Balaban J connectivity index is 2.52. The lowest BCUT2D eigenvalue weighted by Gasteiger charge is -2.14. The van der Waals surface area contributed by atoms with E-state index >= 15 is 0 Å². The topological polar surface area (TPSA) is 29.1 Å². The van der Waals surface area contributed by atoms with Crippen molar-refractivity contribution in [2.75, 3.05) is 12.4 Å². The third kappa shape index (κ3) is 4.84. The van der Waals surface area contributed by atoms with Gasteiger partial charge in [-0.25, -0.2) is 0 Å². The molecule has 0 saturated heterocycles. The smallest absolute Gasteiger partial charge is 0.252 e. The number of carbonyl (C=O) groups is 1. The molecule has 0 fully saturated rings. The fraction of sp³-hybridized carbons (Fsp3) is 0.462. The average Bonchev–Trinajstić information content (AvgIpc) is 2.34. The van der Waals surface area contributed by atoms with Gasteiger partial charge in [0.25, 0.3) is 5.91 Å². The van der Waals surface area contributed by atoms with Crippen LogP contribution < -0.4 is 5.32 Å². The van der Waals surface area contributed by atoms with Crippen LogP contribution in [-0.4, -0.2) is 18.3 Å². The molecule has 1 amide bonds. The molecule has 94 valence electrons. The number of carbonyl (C=O) groups excluding carboxylic acids is 1. The Hall–Kier alpha value is -0.290. The zero-order chi connectivity index (χ0) is 12.7. The second-order valence-corrected chi connectivity index (χ2v) is 5.48. The summed E-state index contributed by atoms with van der Waals surface area (Å²) in [6.45, 7) is 2.82. The predicted octanol–water partition coefficient (Wildman–Crippen LogP) is 3.68. The van der Waals surface area contributed by atoms with Crippen LogP contribution >= 0.6 is 34.2 Å². The van der Waals surface area contributed by atoms with E-state index in [1.165, 1.54) is 0 Å². The molecule has 0 heterocycles. The van der Waals surface area contributed by atoms with Gasteiger partial charge in [-0.1, -0.05) is 25.5 Å². The van der Waals surface area contributed by atoms with Crippen LogP contribution in [0.15, 0.2) is 24.3 Å². The SMILES string of the molecule is CCC(CCCl)CNC(=O)c1ccccc1I. The molecule has 2 nitrogen and oxygen atoms in total. The number of hydrogen-bond acceptors (Lipinski definition) is 1. The largest absolute Gasteiger partial charge is 0.352 e. The Kier molecular flexibility index (Phi) is 6.89. The van der Waals surface area contributed by atoms with E-state index in [1.807, 2.05) is 24.3 Å². The second kappa shape index (κ2) is 7.93. The van der Waals surface area contributed by atoms with Crippen molar-refractivity contribution >= 4 is 40.1 Å². The summed E-state index contributed by atoms with van der Waals surface area (Å²) in [5.41, 5.74) is 0.744. The minimum atomic E-state index is 0.00280. The van der Waals surface area contributed by atoms with Gasteiger partial charge < -0.3 is 5.32 Å². The van der Waals surface area contributed by atoms with E-state index in [0.717, 1.165) is 22.0 Å². The predicted molar refractivity (Wildman–Crippen MR) is 80.6 cm³/mol. The van der Waals surface area contributed by atoms with Gasteiger partial charge in [0.1, 0.15) is 0 Å². The Labute approximate surface area is 121 Å². The summed E-state index contributed by atoms with van der Waals surface area (Å²) < 4.78 is 0.980. The third-order valence-corrected chi connectivity index (χ3v) is 3.92. The third-order valence-electron chi connectivity index (χ3n) is 2.76. The van der Waals surface area contributed by atoms with E-state index in [1.54, 1.807) is 0 Å². The average molecular weight is 366 g/mol. The first-order chi connectivity index (χ1) is 8.19. The highest BCUT2D eigenvalue weighted by Crippen LogP contribution is 2.12. The monoisotopic (exact) mass is 365 g/mol. The molecule has 0 aliphatic carbocycles.